The first-order valence-electron chi connectivity index (χ1n) is 10.2. The highest BCUT2D eigenvalue weighted by Gasteiger charge is 2.16. The molecule has 2 aromatic carbocycles. The van der Waals surface area contributed by atoms with Crippen LogP contribution in [-0.2, 0) is 11.2 Å². The van der Waals surface area contributed by atoms with Crippen LogP contribution in [0.3, 0.4) is 0 Å². The Hall–Kier alpha value is 1.36. The molecule has 0 radical (unpaired) electrons. The van der Waals surface area contributed by atoms with Crippen LogP contribution in [0.4, 0.5) is 0 Å². The number of ether oxygens (including phenoxy) is 3. The second-order valence-electron chi connectivity index (χ2n) is 7.83. The molecule has 0 heterocycles. The first kappa shape index (κ1) is 30.6. The van der Waals surface area contributed by atoms with Crippen molar-refractivity contribution in [3.63, 3.8) is 0 Å². The van der Waals surface area contributed by atoms with Crippen LogP contribution < -0.4 is 9.47 Å². The van der Waals surface area contributed by atoms with Crippen molar-refractivity contribution in [2.75, 3.05) is 30.5 Å². The highest BCUT2D eigenvalue weighted by molar-refractivity contribution is 9.12. The highest BCUT2D eigenvalue weighted by atomic mass is 79.9. The van der Waals surface area contributed by atoms with Crippen molar-refractivity contribution in [2.24, 2.45) is 5.92 Å². The zero-order valence-corrected chi connectivity index (χ0v) is 29.3. The molecule has 0 aliphatic carbocycles. The summed E-state index contributed by atoms with van der Waals surface area (Å²) in [7, 11) is 0. The third-order valence-electron chi connectivity index (χ3n) is 4.35. The van der Waals surface area contributed by atoms with Crippen molar-refractivity contribution in [1.29, 1.82) is 0 Å². The predicted molar refractivity (Wildman–Crippen MR) is 162 cm³/mol. The van der Waals surface area contributed by atoms with Crippen LogP contribution in [0.1, 0.15) is 25.0 Å². The zero-order valence-electron chi connectivity index (χ0n) is 18.2. The monoisotopic (exact) mass is 902 g/mol. The number of hydrogen-bond donors (Lipinski definition) is 0. The summed E-state index contributed by atoms with van der Waals surface area (Å²) in [6, 6.07) is 8.37. The minimum Gasteiger partial charge on any atom is -0.490 e. The molecule has 2 unspecified atom stereocenters. The van der Waals surface area contributed by atoms with Crippen molar-refractivity contribution in [3.8, 4) is 11.5 Å². The van der Waals surface area contributed by atoms with Gasteiger partial charge in [-0.15, -0.1) is 0 Å². The largest absolute Gasteiger partial charge is 0.490 e. The van der Waals surface area contributed by atoms with Crippen LogP contribution >= 0.6 is 112 Å². The number of rotatable bonds is 13. The molecule has 0 saturated heterocycles. The molecule has 0 aliphatic rings. The maximum atomic E-state index is 6.08. The first-order chi connectivity index (χ1) is 15.6. The Balaban J connectivity index is 2.09. The number of benzene rings is 2. The Labute approximate surface area is 255 Å². The van der Waals surface area contributed by atoms with Crippen molar-refractivity contribution < 1.29 is 14.2 Å². The molecule has 2 atom stereocenters. The maximum Gasteiger partial charge on any atom is 0.147 e. The highest BCUT2D eigenvalue weighted by Crippen LogP contribution is 2.38. The summed E-state index contributed by atoms with van der Waals surface area (Å²) in [5.41, 5.74) is 2.31. The minimum absolute atomic E-state index is 0.00402. The number of hydrogen-bond acceptors (Lipinski definition) is 3. The second kappa shape index (κ2) is 15.6. The lowest BCUT2D eigenvalue weighted by Crippen LogP contribution is -2.25. The van der Waals surface area contributed by atoms with Crippen LogP contribution in [0.25, 0.3) is 0 Å². The fraction of sp³-hybridized carbons (Fsp3) is 0.478. The summed E-state index contributed by atoms with van der Waals surface area (Å²) in [6.45, 7) is 6.03. The summed E-state index contributed by atoms with van der Waals surface area (Å²) in [5, 5.41) is 1.55. The molecular weight excluding hydrogens is 884 g/mol. The molecule has 0 aromatic heterocycles. The summed E-state index contributed by atoms with van der Waals surface area (Å²) in [6.07, 6.45) is 0.759. The van der Waals surface area contributed by atoms with E-state index in [1.807, 2.05) is 0 Å². The minimum atomic E-state index is -0.00402. The van der Waals surface area contributed by atoms with E-state index in [-0.39, 0.29) is 10.9 Å². The molecule has 3 nitrogen and oxygen atoms in total. The van der Waals surface area contributed by atoms with E-state index < -0.39 is 0 Å². The smallest absolute Gasteiger partial charge is 0.147 e. The summed E-state index contributed by atoms with van der Waals surface area (Å²) in [4.78, 5) is 0.248. The van der Waals surface area contributed by atoms with E-state index in [1.54, 1.807) is 0 Å². The quantitative estimate of drug-likeness (QED) is 0.188. The average Bonchev–Trinajstić information content (AvgIpc) is 2.74. The molecule has 2 aromatic rings. The van der Waals surface area contributed by atoms with Gasteiger partial charge in [0.05, 0.1) is 22.7 Å². The fourth-order valence-corrected chi connectivity index (χ4v) is 6.51. The second-order valence-corrected chi connectivity index (χ2v) is 13.8. The lowest BCUT2D eigenvalue weighted by Gasteiger charge is -2.19. The van der Waals surface area contributed by atoms with E-state index in [9.17, 15) is 0 Å². The molecule has 0 fully saturated rings. The van der Waals surface area contributed by atoms with Gasteiger partial charge in [-0.3, -0.25) is 0 Å². The normalized spacial score (nSPS) is 13.3. The summed E-state index contributed by atoms with van der Waals surface area (Å²) < 4.78 is 21.6. The Bertz CT molecular complexity index is 862. The predicted octanol–water partition coefficient (Wildman–Crippen LogP) is 9.68. The molecule has 0 bridgehead atoms. The Kier molecular flexibility index (Phi) is 14.4. The van der Waals surface area contributed by atoms with Gasteiger partial charge in [-0.2, -0.15) is 0 Å². The SMILES string of the molecule is CC(C)COC(CBr)COc1c(Br)cc(Cc2cc(Br)c(OCC(Br)CBr)c(Br)c2)cc1Br. The van der Waals surface area contributed by atoms with Gasteiger partial charge in [-0.05, 0) is 111 Å². The van der Waals surface area contributed by atoms with Crippen LogP contribution in [0.5, 0.6) is 11.5 Å². The third-order valence-corrected chi connectivity index (χ3v) is 9.67. The van der Waals surface area contributed by atoms with Gasteiger partial charge >= 0.3 is 0 Å². The Morgan fingerprint density at radius 2 is 1.15 bits per heavy atom. The van der Waals surface area contributed by atoms with Gasteiger partial charge in [-0.25, -0.2) is 0 Å². The van der Waals surface area contributed by atoms with Gasteiger partial charge in [0, 0.05) is 17.3 Å². The van der Waals surface area contributed by atoms with Crippen molar-refractivity contribution >= 4 is 112 Å². The van der Waals surface area contributed by atoms with Crippen molar-refractivity contribution in [3.05, 3.63) is 53.3 Å². The standard InChI is InChI=1S/C23H25Br7O3/c1-13(2)10-31-17(9-25)12-33-23-20(29)6-15(7-21(23)30)3-14-4-18(27)22(19(28)5-14)32-11-16(26)8-24/h4-7,13,16-17H,3,8-12H2,1-2H3. The van der Waals surface area contributed by atoms with E-state index in [0.717, 1.165) is 57.6 Å². The topological polar surface area (TPSA) is 27.7 Å². The van der Waals surface area contributed by atoms with E-state index in [1.165, 1.54) is 0 Å². The molecule has 2 rings (SSSR count). The van der Waals surface area contributed by atoms with Gasteiger partial charge in [0.25, 0.3) is 0 Å². The Morgan fingerprint density at radius 3 is 1.55 bits per heavy atom. The van der Waals surface area contributed by atoms with Crippen LogP contribution in [0, 0.1) is 5.92 Å². The molecule has 184 valence electrons. The lowest BCUT2D eigenvalue weighted by atomic mass is 10.0. The molecule has 0 spiro atoms. The molecule has 0 amide bonds. The van der Waals surface area contributed by atoms with Crippen LogP contribution in [0.15, 0.2) is 42.2 Å². The maximum absolute atomic E-state index is 6.08. The van der Waals surface area contributed by atoms with E-state index in [2.05, 4.69) is 150 Å². The van der Waals surface area contributed by atoms with E-state index in [4.69, 9.17) is 14.2 Å². The average molecular weight is 909 g/mol. The molecule has 0 aliphatic heterocycles. The molecule has 0 N–H and O–H groups in total. The third kappa shape index (κ3) is 10.3. The number of halogens is 7. The van der Waals surface area contributed by atoms with Crippen molar-refractivity contribution in [2.45, 2.75) is 31.2 Å². The van der Waals surface area contributed by atoms with Gasteiger partial charge in [0.15, 0.2) is 0 Å². The van der Waals surface area contributed by atoms with Gasteiger partial charge < -0.3 is 14.2 Å². The summed E-state index contributed by atoms with van der Waals surface area (Å²) in [5.74, 6) is 2.07. The van der Waals surface area contributed by atoms with Crippen molar-refractivity contribution in [1.82, 2.24) is 0 Å². The zero-order chi connectivity index (χ0) is 24.5. The fourth-order valence-electron chi connectivity index (χ4n) is 2.80. The van der Waals surface area contributed by atoms with Gasteiger partial charge in [-0.1, -0.05) is 61.6 Å². The van der Waals surface area contributed by atoms with E-state index >= 15 is 0 Å². The first-order valence-corrected chi connectivity index (χ1v) is 16.6. The lowest BCUT2D eigenvalue weighted by molar-refractivity contribution is 0.0214. The van der Waals surface area contributed by atoms with Crippen LogP contribution in [-0.4, -0.2) is 41.4 Å². The van der Waals surface area contributed by atoms with E-state index in [0.29, 0.717) is 25.7 Å². The van der Waals surface area contributed by atoms with Gasteiger partial charge in [0.2, 0.25) is 0 Å². The molecule has 0 saturated carbocycles. The van der Waals surface area contributed by atoms with Crippen LogP contribution in [0.2, 0.25) is 0 Å². The Morgan fingerprint density at radius 1 is 0.697 bits per heavy atom. The number of alkyl halides is 3. The van der Waals surface area contributed by atoms with Gasteiger partial charge in [0.1, 0.15) is 30.8 Å². The molecular formula is C23H25Br7O3. The molecule has 10 heteroatoms. The molecule has 33 heavy (non-hydrogen) atoms. The summed E-state index contributed by atoms with van der Waals surface area (Å²) >= 11 is 25.2.